The lowest BCUT2D eigenvalue weighted by atomic mass is 10.1. The van der Waals surface area contributed by atoms with Crippen LogP contribution in [0.2, 0.25) is 0 Å². The van der Waals surface area contributed by atoms with Crippen LogP contribution < -0.4 is 16.0 Å². The number of amides is 2. The Kier molecular flexibility index (Phi) is 12.2. The van der Waals surface area contributed by atoms with Gasteiger partial charge in [-0.15, -0.1) is 24.8 Å². The van der Waals surface area contributed by atoms with E-state index in [2.05, 4.69) is 20.9 Å². The first-order valence-corrected chi connectivity index (χ1v) is 10.3. The van der Waals surface area contributed by atoms with Gasteiger partial charge in [0.05, 0.1) is 13.1 Å². The van der Waals surface area contributed by atoms with Crippen LogP contribution in [0.5, 0.6) is 0 Å². The molecule has 1 saturated heterocycles. The molecule has 1 saturated carbocycles. The molecule has 1 aliphatic carbocycles. The van der Waals surface area contributed by atoms with E-state index in [1.807, 2.05) is 24.3 Å². The summed E-state index contributed by atoms with van der Waals surface area (Å²) in [4.78, 5) is 26.4. The summed E-state index contributed by atoms with van der Waals surface area (Å²) in [5, 5.41) is 9.00. The van der Waals surface area contributed by atoms with Crippen LogP contribution in [-0.4, -0.2) is 49.4 Å². The van der Waals surface area contributed by atoms with Gasteiger partial charge in [0.15, 0.2) is 0 Å². The number of carbonyl (C=O) groups is 2. The highest BCUT2D eigenvalue weighted by molar-refractivity contribution is 5.94. The molecular weight excluding hydrogens is 411 g/mol. The van der Waals surface area contributed by atoms with Gasteiger partial charge in [0.1, 0.15) is 0 Å². The Labute approximate surface area is 186 Å². The predicted molar refractivity (Wildman–Crippen MR) is 123 cm³/mol. The fourth-order valence-corrected chi connectivity index (χ4v) is 3.43. The maximum atomic E-state index is 12.3. The van der Waals surface area contributed by atoms with Crippen molar-refractivity contribution in [2.75, 3.05) is 43.4 Å². The van der Waals surface area contributed by atoms with Gasteiger partial charge < -0.3 is 16.0 Å². The SMILES string of the molecule is Cl.Cl.O=C(CNCC1CC1)Nc1ccc(NC(=O)CN2CCCCCCC2)cc1. The van der Waals surface area contributed by atoms with Crippen LogP contribution in [0, 0.1) is 5.92 Å². The predicted octanol–water partition coefficient (Wildman–Crippen LogP) is 3.67. The lowest BCUT2D eigenvalue weighted by Crippen LogP contribution is -2.35. The Morgan fingerprint density at radius 3 is 1.90 bits per heavy atom. The van der Waals surface area contributed by atoms with E-state index in [-0.39, 0.29) is 36.6 Å². The fraction of sp³-hybridized carbons (Fsp3) is 0.619. The zero-order valence-electron chi connectivity index (χ0n) is 17.0. The van der Waals surface area contributed by atoms with Crippen molar-refractivity contribution in [3.8, 4) is 0 Å². The Hall–Kier alpha value is -1.34. The van der Waals surface area contributed by atoms with Gasteiger partial charge in [0.25, 0.3) is 0 Å². The van der Waals surface area contributed by atoms with Crippen LogP contribution in [0.4, 0.5) is 11.4 Å². The molecule has 8 heteroatoms. The molecule has 0 bridgehead atoms. The largest absolute Gasteiger partial charge is 0.325 e. The van der Waals surface area contributed by atoms with Crippen LogP contribution in [0.25, 0.3) is 0 Å². The van der Waals surface area contributed by atoms with Crippen molar-refractivity contribution >= 4 is 48.0 Å². The van der Waals surface area contributed by atoms with E-state index in [1.165, 1.54) is 44.9 Å². The van der Waals surface area contributed by atoms with Crippen molar-refractivity contribution in [1.82, 2.24) is 10.2 Å². The molecule has 2 amide bonds. The smallest absolute Gasteiger partial charge is 0.238 e. The van der Waals surface area contributed by atoms with Crippen molar-refractivity contribution in [3.05, 3.63) is 24.3 Å². The molecule has 1 aromatic carbocycles. The quantitative estimate of drug-likeness (QED) is 0.571. The Morgan fingerprint density at radius 2 is 1.34 bits per heavy atom. The van der Waals surface area contributed by atoms with Crippen LogP contribution in [0.15, 0.2) is 24.3 Å². The molecule has 0 unspecified atom stereocenters. The van der Waals surface area contributed by atoms with Gasteiger partial charge in [-0.2, -0.15) is 0 Å². The second kappa shape index (κ2) is 13.8. The molecule has 3 rings (SSSR count). The van der Waals surface area contributed by atoms with Crippen molar-refractivity contribution in [1.29, 1.82) is 0 Å². The van der Waals surface area contributed by atoms with E-state index in [1.54, 1.807) is 0 Å². The third-order valence-corrected chi connectivity index (χ3v) is 5.18. The average Bonchev–Trinajstić information content (AvgIpc) is 3.43. The molecule has 164 valence electrons. The summed E-state index contributed by atoms with van der Waals surface area (Å²) in [5.41, 5.74) is 1.51. The number of nitrogens with zero attached hydrogens (tertiary/aromatic N) is 1. The van der Waals surface area contributed by atoms with E-state index in [9.17, 15) is 9.59 Å². The number of hydrogen-bond acceptors (Lipinski definition) is 4. The first-order chi connectivity index (χ1) is 13.2. The number of benzene rings is 1. The first kappa shape index (κ1) is 25.7. The average molecular weight is 445 g/mol. The first-order valence-electron chi connectivity index (χ1n) is 10.3. The monoisotopic (exact) mass is 444 g/mol. The van der Waals surface area contributed by atoms with Gasteiger partial charge in [-0.1, -0.05) is 19.3 Å². The van der Waals surface area contributed by atoms with Crippen molar-refractivity contribution in [3.63, 3.8) is 0 Å². The van der Waals surface area contributed by atoms with Gasteiger partial charge >= 0.3 is 0 Å². The van der Waals surface area contributed by atoms with Gasteiger partial charge in [-0.05, 0) is 75.5 Å². The summed E-state index contributed by atoms with van der Waals surface area (Å²) >= 11 is 0. The minimum absolute atomic E-state index is 0. The maximum absolute atomic E-state index is 12.3. The fourth-order valence-electron chi connectivity index (χ4n) is 3.43. The van der Waals surface area contributed by atoms with Crippen molar-refractivity contribution in [2.45, 2.75) is 44.9 Å². The zero-order chi connectivity index (χ0) is 18.9. The molecule has 29 heavy (non-hydrogen) atoms. The third kappa shape index (κ3) is 10.3. The minimum Gasteiger partial charge on any atom is -0.325 e. The van der Waals surface area contributed by atoms with Crippen LogP contribution in [0.1, 0.15) is 44.9 Å². The molecule has 6 nitrogen and oxygen atoms in total. The molecule has 0 spiro atoms. The molecule has 0 radical (unpaired) electrons. The van der Waals surface area contributed by atoms with E-state index < -0.39 is 0 Å². The number of carbonyl (C=O) groups excluding carboxylic acids is 2. The summed E-state index contributed by atoms with van der Waals surface area (Å²) in [5.74, 6) is 0.751. The molecule has 0 aromatic heterocycles. The highest BCUT2D eigenvalue weighted by Crippen LogP contribution is 2.27. The highest BCUT2D eigenvalue weighted by atomic mass is 35.5. The summed E-state index contributed by atoms with van der Waals surface area (Å²) in [6.07, 6.45) is 8.76. The lowest BCUT2D eigenvalue weighted by molar-refractivity contribution is -0.117. The molecule has 0 atom stereocenters. The van der Waals surface area contributed by atoms with Crippen LogP contribution in [0.3, 0.4) is 0 Å². The van der Waals surface area contributed by atoms with Gasteiger partial charge in [0, 0.05) is 11.4 Å². The second-order valence-corrected chi connectivity index (χ2v) is 7.79. The number of halogens is 2. The number of nitrogens with one attached hydrogen (secondary N) is 3. The van der Waals surface area contributed by atoms with E-state index in [4.69, 9.17) is 0 Å². The van der Waals surface area contributed by atoms with E-state index in [0.717, 1.165) is 36.9 Å². The van der Waals surface area contributed by atoms with E-state index >= 15 is 0 Å². The van der Waals surface area contributed by atoms with Crippen LogP contribution >= 0.6 is 24.8 Å². The lowest BCUT2D eigenvalue weighted by Gasteiger charge is -2.23. The normalized spacial score (nSPS) is 17.1. The number of rotatable bonds is 8. The Morgan fingerprint density at radius 1 is 0.828 bits per heavy atom. The topological polar surface area (TPSA) is 73.5 Å². The Balaban J connectivity index is 0.00000210. The molecule has 2 aliphatic rings. The number of anilines is 2. The molecular formula is C21H34Cl2N4O2. The van der Waals surface area contributed by atoms with Crippen LogP contribution in [-0.2, 0) is 9.59 Å². The molecule has 1 aromatic rings. The minimum atomic E-state index is -0.0375. The van der Waals surface area contributed by atoms with Crippen molar-refractivity contribution in [2.24, 2.45) is 5.92 Å². The Bertz CT molecular complexity index is 616. The summed E-state index contributed by atoms with van der Waals surface area (Å²) < 4.78 is 0. The summed E-state index contributed by atoms with van der Waals surface area (Å²) in [6.45, 7) is 3.73. The molecule has 1 heterocycles. The van der Waals surface area contributed by atoms with Gasteiger partial charge in [0.2, 0.25) is 11.8 Å². The second-order valence-electron chi connectivity index (χ2n) is 7.79. The third-order valence-electron chi connectivity index (χ3n) is 5.18. The van der Waals surface area contributed by atoms with E-state index in [0.29, 0.717) is 13.1 Å². The maximum Gasteiger partial charge on any atom is 0.238 e. The summed E-state index contributed by atoms with van der Waals surface area (Å²) in [6, 6.07) is 7.31. The van der Waals surface area contributed by atoms with Gasteiger partial charge in [-0.3, -0.25) is 14.5 Å². The standard InChI is InChI=1S/C21H32N4O2.2ClH/c26-20(15-22-14-17-6-7-17)23-18-8-10-19(11-9-18)24-21(27)16-25-12-4-2-1-3-5-13-25;;/h8-11,17,22H,1-7,12-16H2,(H,23,26)(H,24,27);2*1H. The molecule has 2 fully saturated rings. The molecule has 3 N–H and O–H groups in total. The number of likely N-dealkylation sites (tertiary alicyclic amines) is 1. The summed E-state index contributed by atoms with van der Waals surface area (Å²) in [7, 11) is 0. The molecule has 1 aliphatic heterocycles. The highest BCUT2D eigenvalue weighted by Gasteiger charge is 2.20. The van der Waals surface area contributed by atoms with Gasteiger partial charge in [-0.25, -0.2) is 0 Å². The van der Waals surface area contributed by atoms with Crippen molar-refractivity contribution < 1.29 is 9.59 Å². The number of hydrogen-bond donors (Lipinski definition) is 3. The zero-order valence-corrected chi connectivity index (χ0v) is 18.6.